The summed E-state index contributed by atoms with van der Waals surface area (Å²) in [7, 11) is 0. The van der Waals surface area contributed by atoms with Crippen molar-refractivity contribution in [1.29, 1.82) is 0 Å². The number of anilines is 1. The predicted molar refractivity (Wildman–Crippen MR) is 53.3 cm³/mol. The molecule has 1 saturated heterocycles. The second kappa shape index (κ2) is 3.40. The van der Waals surface area contributed by atoms with Crippen LogP contribution in [0.3, 0.4) is 0 Å². The molecule has 0 radical (unpaired) electrons. The monoisotopic (exact) mass is 213 g/mol. The fraction of sp³-hybridized carbons (Fsp3) is 0.600. The third kappa shape index (κ3) is 2.22. The van der Waals surface area contributed by atoms with Crippen LogP contribution in [0.25, 0.3) is 0 Å². The average Bonchev–Trinajstić information content (AvgIpc) is 2.44. The lowest BCUT2D eigenvalue weighted by Crippen LogP contribution is -2.25. The maximum Gasteiger partial charge on any atom is 0.266 e. The molecule has 1 aliphatic heterocycles. The Morgan fingerprint density at radius 2 is 2.07 bits per heavy atom. The van der Waals surface area contributed by atoms with E-state index in [1.165, 1.54) is 0 Å². The summed E-state index contributed by atoms with van der Waals surface area (Å²) in [6.07, 6.45) is -0.0882. The molecule has 0 atom stereocenters. The molecular weight excluding hydrogens is 200 g/mol. The molecule has 0 aliphatic carbocycles. The molecule has 1 aliphatic rings. The van der Waals surface area contributed by atoms with Crippen LogP contribution in [0.5, 0.6) is 0 Å². The van der Waals surface area contributed by atoms with Gasteiger partial charge in [-0.25, -0.2) is 18.7 Å². The van der Waals surface area contributed by atoms with Crippen LogP contribution in [0, 0.1) is 13.8 Å². The molecule has 0 aromatic carbocycles. The minimum atomic E-state index is -2.58. The third-order valence-corrected chi connectivity index (χ3v) is 2.45. The van der Waals surface area contributed by atoms with Crippen LogP contribution < -0.4 is 4.90 Å². The Hall–Kier alpha value is -1.26. The molecule has 1 fully saturated rings. The molecule has 2 heterocycles. The number of halogens is 2. The van der Waals surface area contributed by atoms with Gasteiger partial charge in [0.25, 0.3) is 5.92 Å². The van der Waals surface area contributed by atoms with Gasteiger partial charge in [-0.15, -0.1) is 0 Å². The van der Waals surface area contributed by atoms with E-state index in [1.807, 2.05) is 6.92 Å². The van der Waals surface area contributed by atoms with Gasteiger partial charge in [0.15, 0.2) is 0 Å². The molecule has 0 spiro atoms. The van der Waals surface area contributed by atoms with E-state index in [2.05, 4.69) is 9.97 Å². The fourth-order valence-electron chi connectivity index (χ4n) is 1.79. The summed E-state index contributed by atoms with van der Waals surface area (Å²) in [5.41, 5.74) is 0.813. The summed E-state index contributed by atoms with van der Waals surface area (Å²) in [4.78, 5) is 9.89. The normalized spacial score (nSPS) is 19.6. The van der Waals surface area contributed by atoms with Crippen molar-refractivity contribution in [2.75, 3.05) is 18.0 Å². The van der Waals surface area contributed by atoms with E-state index >= 15 is 0 Å². The Morgan fingerprint density at radius 3 is 2.60 bits per heavy atom. The van der Waals surface area contributed by atoms with E-state index in [4.69, 9.17) is 0 Å². The summed E-state index contributed by atoms with van der Waals surface area (Å²) in [5, 5.41) is 0. The first kappa shape index (κ1) is 10.3. The van der Waals surface area contributed by atoms with Gasteiger partial charge < -0.3 is 4.90 Å². The van der Waals surface area contributed by atoms with Crippen LogP contribution >= 0.6 is 0 Å². The highest BCUT2D eigenvalue weighted by Gasteiger charge is 2.38. The molecular formula is C10H13F2N3. The van der Waals surface area contributed by atoms with E-state index in [-0.39, 0.29) is 13.0 Å². The molecule has 1 aromatic heterocycles. The second-order valence-corrected chi connectivity index (χ2v) is 3.94. The zero-order chi connectivity index (χ0) is 11.1. The van der Waals surface area contributed by atoms with Gasteiger partial charge in [0.05, 0.1) is 6.54 Å². The third-order valence-electron chi connectivity index (χ3n) is 2.45. The molecule has 15 heavy (non-hydrogen) atoms. The molecule has 5 heteroatoms. The Kier molecular flexibility index (Phi) is 2.32. The lowest BCUT2D eigenvalue weighted by atomic mass is 10.3. The molecule has 2 rings (SSSR count). The van der Waals surface area contributed by atoms with Crippen molar-refractivity contribution < 1.29 is 8.78 Å². The first-order valence-electron chi connectivity index (χ1n) is 4.91. The van der Waals surface area contributed by atoms with Crippen molar-refractivity contribution in [3.05, 3.63) is 17.6 Å². The highest BCUT2D eigenvalue weighted by atomic mass is 19.3. The first-order chi connectivity index (χ1) is 6.96. The number of rotatable bonds is 1. The molecule has 0 unspecified atom stereocenters. The molecule has 0 amide bonds. The van der Waals surface area contributed by atoms with Crippen LogP contribution in [-0.4, -0.2) is 29.0 Å². The highest BCUT2D eigenvalue weighted by Crippen LogP contribution is 2.29. The minimum Gasteiger partial charge on any atom is -0.350 e. The Morgan fingerprint density at radius 1 is 1.33 bits per heavy atom. The minimum absolute atomic E-state index is 0.0882. The summed E-state index contributed by atoms with van der Waals surface area (Å²) in [6.45, 7) is 3.74. The van der Waals surface area contributed by atoms with Crippen LogP contribution in [0.4, 0.5) is 14.6 Å². The molecule has 82 valence electrons. The number of alkyl halides is 2. The van der Waals surface area contributed by atoms with Crippen molar-refractivity contribution in [1.82, 2.24) is 9.97 Å². The molecule has 0 saturated carbocycles. The van der Waals surface area contributed by atoms with E-state index in [0.717, 1.165) is 5.69 Å². The fourth-order valence-corrected chi connectivity index (χ4v) is 1.79. The van der Waals surface area contributed by atoms with Crippen LogP contribution in [-0.2, 0) is 0 Å². The van der Waals surface area contributed by atoms with E-state index in [9.17, 15) is 8.78 Å². The largest absolute Gasteiger partial charge is 0.350 e. The maximum absolute atomic E-state index is 13.0. The smallest absolute Gasteiger partial charge is 0.266 e. The average molecular weight is 213 g/mol. The zero-order valence-corrected chi connectivity index (χ0v) is 8.80. The van der Waals surface area contributed by atoms with Gasteiger partial charge in [-0.2, -0.15) is 0 Å². The van der Waals surface area contributed by atoms with E-state index in [1.54, 1.807) is 17.9 Å². The van der Waals surface area contributed by atoms with Gasteiger partial charge >= 0.3 is 0 Å². The second-order valence-electron chi connectivity index (χ2n) is 3.94. The van der Waals surface area contributed by atoms with Crippen molar-refractivity contribution >= 4 is 5.82 Å². The van der Waals surface area contributed by atoms with E-state index in [0.29, 0.717) is 18.2 Å². The first-order valence-corrected chi connectivity index (χ1v) is 4.91. The van der Waals surface area contributed by atoms with Crippen molar-refractivity contribution in [2.45, 2.75) is 26.2 Å². The molecule has 0 N–H and O–H groups in total. The number of hydrogen-bond acceptors (Lipinski definition) is 3. The van der Waals surface area contributed by atoms with E-state index < -0.39 is 5.92 Å². The SMILES string of the molecule is Cc1cc(N2CCC(F)(F)C2)nc(C)n1. The van der Waals surface area contributed by atoms with Gasteiger partial charge in [-0.1, -0.05) is 0 Å². The van der Waals surface area contributed by atoms with Crippen molar-refractivity contribution in [3.8, 4) is 0 Å². The molecule has 1 aromatic rings. The Bertz CT molecular complexity index is 359. The summed E-state index contributed by atoms with van der Waals surface area (Å²) in [5.74, 6) is -1.34. The molecule has 0 bridgehead atoms. The Balaban J connectivity index is 2.24. The van der Waals surface area contributed by atoms with Gasteiger partial charge in [0, 0.05) is 24.7 Å². The maximum atomic E-state index is 13.0. The van der Waals surface area contributed by atoms with Crippen LogP contribution in [0.1, 0.15) is 17.9 Å². The Labute approximate surface area is 87.1 Å². The topological polar surface area (TPSA) is 29.0 Å². The number of aromatic nitrogens is 2. The zero-order valence-electron chi connectivity index (χ0n) is 8.80. The predicted octanol–water partition coefficient (Wildman–Crippen LogP) is 1.94. The number of nitrogens with zero attached hydrogens (tertiary/aromatic N) is 3. The summed E-state index contributed by atoms with van der Waals surface area (Å²) >= 11 is 0. The lowest BCUT2D eigenvalue weighted by Gasteiger charge is -2.17. The van der Waals surface area contributed by atoms with Crippen LogP contribution in [0.2, 0.25) is 0 Å². The summed E-state index contributed by atoms with van der Waals surface area (Å²) in [6, 6.07) is 1.74. The number of aryl methyl sites for hydroxylation is 2. The molecule has 3 nitrogen and oxygen atoms in total. The highest BCUT2D eigenvalue weighted by molar-refractivity contribution is 5.41. The van der Waals surface area contributed by atoms with Crippen molar-refractivity contribution in [3.63, 3.8) is 0 Å². The van der Waals surface area contributed by atoms with Gasteiger partial charge in [0.2, 0.25) is 0 Å². The van der Waals surface area contributed by atoms with Crippen molar-refractivity contribution in [2.24, 2.45) is 0 Å². The van der Waals surface area contributed by atoms with Gasteiger partial charge in [-0.3, -0.25) is 0 Å². The quantitative estimate of drug-likeness (QED) is 0.713. The number of hydrogen-bond donors (Lipinski definition) is 0. The van der Waals surface area contributed by atoms with Crippen LogP contribution in [0.15, 0.2) is 6.07 Å². The van der Waals surface area contributed by atoms with Gasteiger partial charge in [0.1, 0.15) is 11.6 Å². The standard InChI is InChI=1S/C10H13F2N3/c1-7-5-9(14-8(2)13-7)15-4-3-10(11,12)6-15/h5H,3-4,6H2,1-2H3. The van der Waals surface area contributed by atoms with Gasteiger partial charge in [-0.05, 0) is 13.8 Å². The lowest BCUT2D eigenvalue weighted by molar-refractivity contribution is 0.0256. The summed E-state index contributed by atoms with van der Waals surface area (Å²) < 4.78 is 26.0.